The second-order valence-electron chi connectivity index (χ2n) is 8.99. The van der Waals surface area contributed by atoms with Crippen molar-refractivity contribution in [2.45, 2.75) is 25.3 Å². The predicted molar refractivity (Wildman–Crippen MR) is 149 cm³/mol. The van der Waals surface area contributed by atoms with Crippen molar-refractivity contribution in [3.63, 3.8) is 0 Å². The number of hydrogen-bond donors (Lipinski definition) is 2. The summed E-state index contributed by atoms with van der Waals surface area (Å²) in [5, 5.41) is 5.65. The van der Waals surface area contributed by atoms with Crippen LogP contribution >= 0.6 is 0 Å². The Morgan fingerprint density at radius 2 is 1.37 bits per heavy atom. The van der Waals surface area contributed by atoms with Crippen LogP contribution in [0.15, 0.2) is 90.0 Å². The lowest BCUT2D eigenvalue weighted by molar-refractivity contribution is 0.0944. The van der Waals surface area contributed by atoms with Gasteiger partial charge in [-0.15, -0.1) is 0 Å². The highest BCUT2D eigenvalue weighted by Gasteiger charge is 2.15. The minimum Gasteiger partial charge on any atom is -0.352 e. The number of aromatic nitrogens is 1. The summed E-state index contributed by atoms with van der Waals surface area (Å²) < 4.78 is 24.0. The van der Waals surface area contributed by atoms with Crippen LogP contribution < -0.4 is 10.6 Å². The smallest absolute Gasteiger partial charge is 0.251 e. The number of aryl methyl sites for hydroxylation is 1. The van der Waals surface area contributed by atoms with Gasteiger partial charge in [-0.25, -0.2) is 8.42 Å². The molecule has 38 heavy (non-hydrogen) atoms. The minimum atomic E-state index is -3.44. The lowest BCUT2D eigenvalue weighted by atomic mass is 9.98. The van der Waals surface area contributed by atoms with Crippen LogP contribution in [-0.2, 0) is 16.4 Å². The Kier molecular flexibility index (Phi) is 8.02. The van der Waals surface area contributed by atoms with Crippen LogP contribution in [0.1, 0.15) is 38.9 Å². The standard InChI is InChI=1S/C30H29N3O4S/c1-4-31-29(34)25-10-6-9-23(16-25)21-7-5-8-22(15-21)24-13-14-32-27(17-24)19-33-30(35)26-12-11-20(2)28(18-26)38(3,36)37/h5-18H,4,19H2,1-3H3,(H,31,34)(H,33,35). The van der Waals surface area contributed by atoms with E-state index in [0.29, 0.717) is 23.4 Å². The van der Waals surface area contributed by atoms with E-state index in [2.05, 4.69) is 15.6 Å². The van der Waals surface area contributed by atoms with Gasteiger partial charge in [-0.1, -0.05) is 36.4 Å². The summed E-state index contributed by atoms with van der Waals surface area (Å²) in [5.41, 5.74) is 5.94. The molecule has 3 aromatic carbocycles. The summed E-state index contributed by atoms with van der Waals surface area (Å²) in [7, 11) is -3.44. The number of hydrogen-bond acceptors (Lipinski definition) is 5. The van der Waals surface area contributed by atoms with Gasteiger partial charge in [-0.05, 0) is 84.1 Å². The zero-order valence-electron chi connectivity index (χ0n) is 21.5. The number of sulfone groups is 1. The lowest BCUT2D eigenvalue weighted by Crippen LogP contribution is -2.23. The molecule has 0 bridgehead atoms. The Hall–Kier alpha value is -4.30. The van der Waals surface area contributed by atoms with Crippen LogP contribution in [0.25, 0.3) is 22.3 Å². The van der Waals surface area contributed by atoms with Crippen LogP contribution in [-0.4, -0.2) is 38.0 Å². The number of pyridine rings is 1. The van der Waals surface area contributed by atoms with Crippen molar-refractivity contribution < 1.29 is 18.0 Å². The second-order valence-corrected chi connectivity index (χ2v) is 11.0. The van der Waals surface area contributed by atoms with E-state index < -0.39 is 9.84 Å². The van der Waals surface area contributed by atoms with Gasteiger partial charge in [0, 0.05) is 30.1 Å². The number of carbonyl (C=O) groups excluding carboxylic acids is 2. The summed E-state index contributed by atoms with van der Waals surface area (Å²) in [6.07, 6.45) is 2.81. The summed E-state index contributed by atoms with van der Waals surface area (Å²) in [6.45, 7) is 4.33. The van der Waals surface area contributed by atoms with Gasteiger partial charge in [0.1, 0.15) is 0 Å². The number of nitrogens with zero attached hydrogens (tertiary/aromatic N) is 1. The van der Waals surface area contributed by atoms with Gasteiger partial charge in [0.05, 0.1) is 17.1 Å². The van der Waals surface area contributed by atoms with E-state index in [1.807, 2.05) is 61.5 Å². The van der Waals surface area contributed by atoms with Crippen molar-refractivity contribution in [1.29, 1.82) is 0 Å². The molecule has 8 heteroatoms. The van der Waals surface area contributed by atoms with E-state index in [0.717, 1.165) is 28.5 Å². The molecule has 194 valence electrons. The monoisotopic (exact) mass is 527 g/mol. The Labute approximate surface area is 222 Å². The third-order valence-electron chi connectivity index (χ3n) is 6.09. The van der Waals surface area contributed by atoms with Gasteiger partial charge in [-0.2, -0.15) is 0 Å². The molecule has 0 aliphatic carbocycles. The molecule has 0 spiro atoms. The molecule has 2 N–H and O–H groups in total. The molecule has 0 saturated heterocycles. The second kappa shape index (κ2) is 11.4. The van der Waals surface area contributed by atoms with E-state index in [4.69, 9.17) is 0 Å². The van der Waals surface area contributed by atoms with Gasteiger partial charge in [0.25, 0.3) is 11.8 Å². The van der Waals surface area contributed by atoms with Gasteiger partial charge in [0.15, 0.2) is 9.84 Å². The molecule has 2 amide bonds. The molecular formula is C30H29N3O4S. The predicted octanol–water partition coefficient (Wildman–Crippen LogP) is 4.81. The molecular weight excluding hydrogens is 498 g/mol. The third-order valence-corrected chi connectivity index (χ3v) is 7.33. The largest absolute Gasteiger partial charge is 0.352 e. The number of rotatable bonds is 8. The minimum absolute atomic E-state index is 0.107. The van der Waals surface area contributed by atoms with Crippen molar-refractivity contribution in [3.8, 4) is 22.3 Å². The zero-order chi connectivity index (χ0) is 27.3. The van der Waals surface area contributed by atoms with Gasteiger partial charge in [0.2, 0.25) is 0 Å². The fourth-order valence-corrected chi connectivity index (χ4v) is 5.14. The van der Waals surface area contributed by atoms with E-state index in [1.54, 1.807) is 31.3 Å². The molecule has 4 aromatic rings. The van der Waals surface area contributed by atoms with Crippen molar-refractivity contribution >= 4 is 21.7 Å². The maximum atomic E-state index is 12.7. The maximum absolute atomic E-state index is 12.7. The molecule has 0 unspecified atom stereocenters. The summed E-state index contributed by atoms with van der Waals surface area (Å²) in [4.78, 5) is 29.5. The topological polar surface area (TPSA) is 105 Å². The highest BCUT2D eigenvalue weighted by molar-refractivity contribution is 7.90. The normalized spacial score (nSPS) is 11.1. The summed E-state index contributed by atoms with van der Waals surface area (Å²) in [5.74, 6) is -0.486. The van der Waals surface area contributed by atoms with E-state index in [9.17, 15) is 18.0 Å². The molecule has 1 heterocycles. The molecule has 0 fully saturated rings. The van der Waals surface area contributed by atoms with Crippen molar-refractivity contribution in [2.75, 3.05) is 12.8 Å². The van der Waals surface area contributed by atoms with Crippen LogP contribution in [0.5, 0.6) is 0 Å². The van der Waals surface area contributed by atoms with Crippen LogP contribution in [0.2, 0.25) is 0 Å². The fraction of sp³-hybridized carbons (Fsp3) is 0.167. The van der Waals surface area contributed by atoms with Crippen LogP contribution in [0.4, 0.5) is 0 Å². The first kappa shape index (κ1) is 26.8. The number of benzene rings is 3. The average Bonchev–Trinajstić information content (AvgIpc) is 2.92. The van der Waals surface area contributed by atoms with Crippen LogP contribution in [0.3, 0.4) is 0 Å². The van der Waals surface area contributed by atoms with Crippen molar-refractivity contribution in [2.24, 2.45) is 0 Å². The summed E-state index contributed by atoms with van der Waals surface area (Å²) >= 11 is 0. The molecule has 0 aliphatic rings. The quantitative estimate of drug-likeness (QED) is 0.342. The maximum Gasteiger partial charge on any atom is 0.251 e. The first-order chi connectivity index (χ1) is 18.2. The van der Waals surface area contributed by atoms with Gasteiger partial charge < -0.3 is 10.6 Å². The van der Waals surface area contributed by atoms with Gasteiger partial charge in [-0.3, -0.25) is 14.6 Å². The molecule has 0 aliphatic heterocycles. The molecule has 1 aromatic heterocycles. The first-order valence-electron chi connectivity index (χ1n) is 12.2. The Morgan fingerprint density at radius 1 is 0.763 bits per heavy atom. The molecule has 0 atom stereocenters. The highest BCUT2D eigenvalue weighted by atomic mass is 32.2. The summed E-state index contributed by atoms with van der Waals surface area (Å²) in [6, 6.07) is 23.9. The molecule has 0 saturated carbocycles. The Bertz CT molecular complexity index is 1610. The lowest BCUT2D eigenvalue weighted by Gasteiger charge is -2.10. The fourth-order valence-electron chi connectivity index (χ4n) is 4.15. The number of carbonyl (C=O) groups is 2. The third kappa shape index (κ3) is 6.33. The van der Waals surface area contributed by atoms with E-state index in [-0.39, 0.29) is 28.8 Å². The van der Waals surface area contributed by atoms with Gasteiger partial charge >= 0.3 is 0 Å². The molecule has 7 nitrogen and oxygen atoms in total. The SMILES string of the molecule is CCNC(=O)c1cccc(-c2cccc(-c3ccnc(CNC(=O)c4ccc(C)c(S(C)(=O)=O)c4)c3)c2)c1. The highest BCUT2D eigenvalue weighted by Crippen LogP contribution is 2.27. The van der Waals surface area contributed by atoms with Crippen molar-refractivity contribution in [1.82, 2.24) is 15.6 Å². The van der Waals surface area contributed by atoms with Crippen LogP contribution in [0, 0.1) is 6.92 Å². The molecule has 4 rings (SSSR count). The Morgan fingerprint density at radius 3 is 2.05 bits per heavy atom. The zero-order valence-corrected chi connectivity index (χ0v) is 22.3. The first-order valence-corrected chi connectivity index (χ1v) is 14.1. The average molecular weight is 528 g/mol. The molecule has 0 radical (unpaired) electrons. The number of nitrogens with one attached hydrogen (secondary N) is 2. The van der Waals surface area contributed by atoms with E-state index >= 15 is 0 Å². The number of amides is 2. The Balaban J connectivity index is 1.52. The van der Waals surface area contributed by atoms with E-state index in [1.165, 1.54) is 6.07 Å². The van der Waals surface area contributed by atoms with Crippen molar-refractivity contribution in [3.05, 3.63) is 107 Å².